The molecule has 0 radical (unpaired) electrons. The number of aromatic amines is 1. The van der Waals surface area contributed by atoms with Gasteiger partial charge in [-0.3, -0.25) is 9.89 Å². The normalized spacial score (nSPS) is 12.4. The zero-order valence-electron chi connectivity index (χ0n) is 9.68. The number of benzene rings is 1. The van der Waals surface area contributed by atoms with Gasteiger partial charge in [0.2, 0.25) is 5.16 Å². The highest BCUT2D eigenvalue weighted by Crippen LogP contribution is 2.22. The summed E-state index contributed by atoms with van der Waals surface area (Å²) in [5.41, 5.74) is 0.722. The average Bonchev–Trinajstić information content (AvgIpc) is 2.75. The molecular formula is C12H13N3OS. The quantitative estimate of drug-likeness (QED) is 0.666. The van der Waals surface area contributed by atoms with Crippen molar-refractivity contribution in [3.8, 4) is 0 Å². The van der Waals surface area contributed by atoms with E-state index in [4.69, 9.17) is 0 Å². The molecule has 0 aliphatic heterocycles. The second kappa shape index (κ2) is 5.14. The van der Waals surface area contributed by atoms with E-state index in [2.05, 4.69) is 15.2 Å². The van der Waals surface area contributed by atoms with Gasteiger partial charge < -0.3 is 0 Å². The van der Waals surface area contributed by atoms with Gasteiger partial charge in [0.15, 0.2) is 5.78 Å². The molecule has 2 aromatic rings. The Kier molecular flexibility index (Phi) is 3.58. The van der Waals surface area contributed by atoms with Gasteiger partial charge in [-0.15, -0.1) is 5.10 Å². The van der Waals surface area contributed by atoms with Gasteiger partial charge in [0.05, 0.1) is 5.25 Å². The average molecular weight is 247 g/mol. The first-order chi connectivity index (χ1) is 8.16. The van der Waals surface area contributed by atoms with Crippen LogP contribution in [0.25, 0.3) is 0 Å². The first-order valence-corrected chi connectivity index (χ1v) is 6.19. The number of aromatic nitrogens is 3. The van der Waals surface area contributed by atoms with Crippen molar-refractivity contribution >= 4 is 17.5 Å². The van der Waals surface area contributed by atoms with Crippen molar-refractivity contribution in [2.75, 3.05) is 0 Å². The van der Waals surface area contributed by atoms with Crippen molar-refractivity contribution in [3.63, 3.8) is 0 Å². The summed E-state index contributed by atoms with van der Waals surface area (Å²) in [6, 6.07) is 9.27. The van der Waals surface area contributed by atoms with Crippen LogP contribution in [0.1, 0.15) is 23.1 Å². The number of carbonyl (C=O) groups is 1. The van der Waals surface area contributed by atoms with E-state index < -0.39 is 0 Å². The third-order valence-corrected chi connectivity index (χ3v) is 3.25. The van der Waals surface area contributed by atoms with Crippen molar-refractivity contribution in [1.82, 2.24) is 15.2 Å². The zero-order valence-corrected chi connectivity index (χ0v) is 10.5. The fourth-order valence-electron chi connectivity index (χ4n) is 1.42. The summed E-state index contributed by atoms with van der Waals surface area (Å²) in [7, 11) is 0. The van der Waals surface area contributed by atoms with E-state index in [1.54, 1.807) is 0 Å². The minimum atomic E-state index is -0.187. The number of Topliss-reactive ketones (excluding diaryl/α,β-unsaturated/α-hetero) is 1. The van der Waals surface area contributed by atoms with Gasteiger partial charge >= 0.3 is 0 Å². The van der Waals surface area contributed by atoms with Crippen LogP contribution < -0.4 is 0 Å². The first kappa shape index (κ1) is 11.9. The van der Waals surface area contributed by atoms with Crippen molar-refractivity contribution in [1.29, 1.82) is 0 Å². The molecule has 0 aliphatic carbocycles. The van der Waals surface area contributed by atoms with E-state index in [1.807, 2.05) is 44.2 Å². The van der Waals surface area contributed by atoms with E-state index >= 15 is 0 Å². The fraction of sp³-hybridized carbons (Fsp3) is 0.250. The number of ketones is 1. The summed E-state index contributed by atoms with van der Waals surface area (Å²) in [6.07, 6.45) is 0. The second-order valence-electron chi connectivity index (χ2n) is 3.69. The van der Waals surface area contributed by atoms with Crippen LogP contribution in [-0.2, 0) is 0 Å². The maximum atomic E-state index is 12.1. The summed E-state index contributed by atoms with van der Waals surface area (Å²) >= 11 is 1.36. The number of rotatable bonds is 4. The smallest absolute Gasteiger partial charge is 0.209 e. The molecule has 1 aromatic heterocycles. The summed E-state index contributed by atoms with van der Waals surface area (Å²) < 4.78 is 0. The number of aryl methyl sites for hydroxylation is 1. The van der Waals surface area contributed by atoms with Gasteiger partial charge in [0.1, 0.15) is 5.82 Å². The van der Waals surface area contributed by atoms with Crippen molar-refractivity contribution in [2.24, 2.45) is 0 Å². The topological polar surface area (TPSA) is 58.6 Å². The van der Waals surface area contributed by atoms with Crippen LogP contribution in [0.2, 0.25) is 0 Å². The van der Waals surface area contributed by atoms with Crippen LogP contribution in [0.5, 0.6) is 0 Å². The van der Waals surface area contributed by atoms with Crippen LogP contribution in [-0.4, -0.2) is 26.2 Å². The maximum absolute atomic E-state index is 12.1. The van der Waals surface area contributed by atoms with E-state index in [0.717, 1.165) is 11.4 Å². The largest absolute Gasteiger partial charge is 0.293 e. The molecule has 0 aliphatic rings. The van der Waals surface area contributed by atoms with Crippen molar-refractivity contribution in [3.05, 3.63) is 41.7 Å². The molecule has 0 fully saturated rings. The Morgan fingerprint density at radius 3 is 2.65 bits per heavy atom. The van der Waals surface area contributed by atoms with E-state index in [9.17, 15) is 4.79 Å². The molecular weight excluding hydrogens is 234 g/mol. The molecule has 0 saturated carbocycles. The summed E-state index contributed by atoms with van der Waals surface area (Å²) in [5, 5.41) is 7.19. The minimum absolute atomic E-state index is 0.0954. The summed E-state index contributed by atoms with van der Waals surface area (Å²) in [4.78, 5) is 16.2. The molecule has 0 bridgehead atoms. The van der Waals surface area contributed by atoms with E-state index in [1.165, 1.54) is 11.8 Å². The molecule has 2 rings (SSSR count). The van der Waals surface area contributed by atoms with Crippen LogP contribution in [0.15, 0.2) is 35.5 Å². The van der Waals surface area contributed by atoms with Crippen LogP contribution in [0.4, 0.5) is 0 Å². The van der Waals surface area contributed by atoms with Gasteiger partial charge in [-0.2, -0.15) is 0 Å². The van der Waals surface area contributed by atoms with E-state index in [0.29, 0.717) is 5.16 Å². The number of thioether (sulfide) groups is 1. The van der Waals surface area contributed by atoms with Gasteiger partial charge in [0, 0.05) is 5.56 Å². The highest BCUT2D eigenvalue weighted by atomic mass is 32.2. The first-order valence-electron chi connectivity index (χ1n) is 5.32. The van der Waals surface area contributed by atoms with Gasteiger partial charge in [0.25, 0.3) is 0 Å². The molecule has 5 heteroatoms. The Labute approximate surface area is 104 Å². The SMILES string of the molecule is Cc1nc(S[C@@H](C)C(=O)c2ccccc2)n[nH]1. The number of nitrogens with zero attached hydrogens (tertiary/aromatic N) is 2. The van der Waals surface area contributed by atoms with E-state index in [-0.39, 0.29) is 11.0 Å². The number of hydrogen-bond donors (Lipinski definition) is 1. The zero-order chi connectivity index (χ0) is 12.3. The van der Waals surface area contributed by atoms with Crippen LogP contribution in [0.3, 0.4) is 0 Å². The number of hydrogen-bond acceptors (Lipinski definition) is 4. The Bertz CT molecular complexity index is 509. The molecule has 4 nitrogen and oxygen atoms in total. The lowest BCUT2D eigenvalue weighted by atomic mass is 10.1. The Balaban J connectivity index is 2.06. The lowest BCUT2D eigenvalue weighted by Gasteiger charge is -2.07. The third kappa shape index (κ3) is 2.94. The predicted molar refractivity (Wildman–Crippen MR) is 67.2 cm³/mol. The monoisotopic (exact) mass is 247 g/mol. The Hall–Kier alpha value is -1.62. The molecule has 0 spiro atoms. The second-order valence-corrected chi connectivity index (χ2v) is 5.00. The molecule has 0 unspecified atom stereocenters. The van der Waals surface area contributed by atoms with Gasteiger partial charge in [-0.05, 0) is 13.8 Å². The van der Waals surface area contributed by atoms with Crippen LogP contribution in [0, 0.1) is 6.92 Å². The molecule has 1 heterocycles. The maximum Gasteiger partial charge on any atom is 0.209 e. The van der Waals surface area contributed by atoms with Crippen molar-refractivity contribution in [2.45, 2.75) is 24.3 Å². The number of H-pyrrole nitrogens is 1. The van der Waals surface area contributed by atoms with Crippen LogP contribution >= 0.6 is 11.8 Å². The molecule has 17 heavy (non-hydrogen) atoms. The molecule has 1 atom stereocenters. The molecule has 88 valence electrons. The van der Waals surface area contributed by atoms with Crippen molar-refractivity contribution < 1.29 is 4.79 Å². The lowest BCUT2D eigenvalue weighted by molar-refractivity contribution is 0.0994. The third-order valence-electron chi connectivity index (χ3n) is 2.29. The molecule has 1 aromatic carbocycles. The highest BCUT2D eigenvalue weighted by Gasteiger charge is 2.17. The fourth-order valence-corrected chi connectivity index (χ4v) is 2.27. The molecule has 0 amide bonds. The molecule has 0 saturated heterocycles. The summed E-state index contributed by atoms with van der Waals surface area (Å²) in [6.45, 7) is 3.70. The lowest BCUT2D eigenvalue weighted by Crippen LogP contribution is -2.13. The van der Waals surface area contributed by atoms with Gasteiger partial charge in [-0.1, -0.05) is 42.1 Å². The molecule has 1 N–H and O–H groups in total. The number of nitrogens with one attached hydrogen (secondary N) is 1. The highest BCUT2D eigenvalue weighted by molar-refractivity contribution is 8.00. The predicted octanol–water partition coefficient (Wildman–Crippen LogP) is 2.48. The Morgan fingerprint density at radius 1 is 1.35 bits per heavy atom. The summed E-state index contributed by atoms with van der Waals surface area (Å²) in [5.74, 6) is 0.852. The minimum Gasteiger partial charge on any atom is -0.293 e. The van der Waals surface area contributed by atoms with Gasteiger partial charge in [-0.25, -0.2) is 4.98 Å². The standard InChI is InChI=1S/C12H13N3OS/c1-8(17-12-13-9(2)14-15-12)11(16)10-6-4-3-5-7-10/h3-8H,1-2H3,(H,13,14,15)/t8-/m0/s1. The number of carbonyl (C=O) groups excluding carboxylic acids is 1. The Morgan fingerprint density at radius 2 is 2.06 bits per heavy atom.